The Morgan fingerprint density at radius 1 is 1.42 bits per heavy atom. The molecule has 1 N–H and O–H groups in total. The van der Waals surface area contributed by atoms with E-state index < -0.39 is 0 Å². The molecule has 2 atom stereocenters. The zero-order chi connectivity index (χ0) is 13.4. The van der Waals surface area contributed by atoms with Crippen molar-refractivity contribution in [1.29, 1.82) is 0 Å². The summed E-state index contributed by atoms with van der Waals surface area (Å²) in [4.78, 5) is 12.0. The number of nitrogens with zero attached hydrogens (tertiary/aromatic N) is 3. The van der Waals surface area contributed by atoms with E-state index in [-0.39, 0.29) is 23.6 Å². The second-order valence-corrected chi connectivity index (χ2v) is 4.75. The summed E-state index contributed by atoms with van der Waals surface area (Å²) in [5.74, 6) is 0.223. The number of nitrogens with one attached hydrogen (secondary N) is 1. The number of rotatable bonds is 3. The normalized spacial score (nSPS) is 21.2. The molecule has 1 aromatic carbocycles. The van der Waals surface area contributed by atoms with Gasteiger partial charge in [0.15, 0.2) is 0 Å². The summed E-state index contributed by atoms with van der Waals surface area (Å²) >= 11 is 0. The topological polar surface area (TPSA) is 59.8 Å². The molecule has 5 nitrogen and oxygen atoms in total. The molecular formula is C13H13FN4O. The maximum atomic E-state index is 12.8. The van der Waals surface area contributed by atoms with Crippen LogP contribution in [0.1, 0.15) is 17.9 Å². The van der Waals surface area contributed by atoms with Gasteiger partial charge in [0.25, 0.3) is 0 Å². The molecule has 0 bridgehead atoms. The summed E-state index contributed by atoms with van der Waals surface area (Å²) in [6, 6.07) is 6.31. The Balaban J connectivity index is 1.65. The second-order valence-electron chi connectivity index (χ2n) is 4.75. The molecule has 3 rings (SSSR count). The molecule has 0 saturated heterocycles. The highest BCUT2D eigenvalue weighted by Gasteiger charge is 2.44. The third-order valence-corrected chi connectivity index (χ3v) is 3.37. The smallest absolute Gasteiger partial charge is 0.230 e. The molecule has 1 saturated carbocycles. The number of benzene rings is 1. The molecule has 1 aliphatic rings. The van der Waals surface area contributed by atoms with Gasteiger partial charge in [-0.3, -0.25) is 10.1 Å². The van der Waals surface area contributed by atoms with Crippen LogP contribution in [0.4, 0.5) is 10.3 Å². The van der Waals surface area contributed by atoms with Gasteiger partial charge in [0.2, 0.25) is 11.9 Å². The van der Waals surface area contributed by atoms with Gasteiger partial charge in [0.05, 0.1) is 0 Å². The predicted molar refractivity (Wildman–Crippen MR) is 66.9 cm³/mol. The fourth-order valence-corrected chi connectivity index (χ4v) is 2.16. The number of anilines is 1. The van der Waals surface area contributed by atoms with Crippen LogP contribution in [-0.4, -0.2) is 20.7 Å². The Morgan fingerprint density at radius 3 is 2.79 bits per heavy atom. The van der Waals surface area contributed by atoms with Crippen LogP contribution in [0, 0.1) is 11.7 Å². The third kappa shape index (κ3) is 2.33. The molecule has 0 aliphatic heterocycles. The molecule has 0 unspecified atom stereocenters. The van der Waals surface area contributed by atoms with Crippen LogP contribution >= 0.6 is 0 Å². The highest BCUT2D eigenvalue weighted by Crippen LogP contribution is 2.47. The zero-order valence-electron chi connectivity index (χ0n) is 10.4. The number of hydrogen-bond acceptors (Lipinski definition) is 3. The first kappa shape index (κ1) is 11.8. The van der Waals surface area contributed by atoms with E-state index in [1.54, 1.807) is 23.7 Å². The molecule has 1 fully saturated rings. The van der Waals surface area contributed by atoms with Crippen molar-refractivity contribution >= 4 is 11.9 Å². The summed E-state index contributed by atoms with van der Waals surface area (Å²) in [7, 11) is 1.76. The molecule has 98 valence electrons. The molecule has 0 radical (unpaired) electrons. The summed E-state index contributed by atoms with van der Waals surface area (Å²) in [6.45, 7) is 0. The third-order valence-electron chi connectivity index (χ3n) is 3.37. The van der Waals surface area contributed by atoms with Crippen LogP contribution in [0.5, 0.6) is 0 Å². The number of amides is 1. The largest absolute Gasteiger partial charge is 0.303 e. The summed E-state index contributed by atoms with van der Waals surface area (Å²) < 4.78 is 14.5. The van der Waals surface area contributed by atoms with Crippen LogP contribution in [0.2, 0.25) is 0 Å². The van der Waals surface area contributed by atoms with Crippen molar-refractivity contribution in [2.24, 2.45) is 13.0 Å². The monoisotopic (exact) mass is 260 g/mol. The highest BCUT2D eigenvalue weighted by molar-refractivity contribution is 5.93. The molecule has 19 heavy (non-hydrogen) atoms. The van der Waals surface area contributed by atoms with Gasteiger partial charge >= 0.3 is 0 Å². The van der Waals surface area contributed by atoms with Crippen molar-refractivity contribution in [3.05, 3.63) is 42.0 Å². The Kier molecular flexibility index (Phi) is 2.77. The Bertz CT molecular complexity index is 607. The van der Waals surface area contributed by atoms with Gasteiger partial charge in [0, 0.05) is 13.0 Å². The van der Waals surface area contributed by atoms with Gasteiger partial charge in [-0.1, -0.05) is 12.1 Å². The van der Waals surface area contributed by atoms with Gasteiger partial charge in [-0.15, -0.1) is 10.2 Å². The summed E-state index contributed by atoms with van der Waals surface area (Å²) in [5, 5.41) is 10.2. The summed E-state index contributed by atoms with van der Waals surface area (Å²) in [6.07, 6.45) is 2.31. The van der Waals surface area contributed by atoms with E-state index >= 15 is 0 Å². The maximum Gasteiger partial charge on any atom is 0.230 e. The molecule has 1 heterocycles. The Labute approximate surface area is 109 Å². The Hall–Kier alpha value is -2.24. The van der Waals surface area contributed by atoms with Crippen molar-refractivity contribution in [3.63, 3.8) is 0 Å². The van der Waals surface area contributed by atoms with Crippen molar-refractivity contribution in [2.75, 3.05) is 5.32 Å². The molecule has 6 heteroatoms. The number of hydrogen-bond donors (Lipinski definition) is 1. The highest BCUT2D eigenvalue weighted by atomic mass is 19.1. The number of carbonyl (C=O) groups excluding carboxylic acids is 1. The molecule has 0 spiro atoms. The minimum atomic E-state index is -0.260. The van der Waals surface area contributed by atoms with Crippen LogP contribution in [-0.2, 0) is 11.8 Å². The van der Waals surface area contributed by atoms with E-state index in [1.165, 1.54) is 18.5 Å². The lowest BCUT2D eigenvalue weighted by atomic mass is 10.1. The van der Waals surface area contributed by atoms with Crippen LogP contribution in [0.3, 0.4) is 0 Å². The maximum absolute atomic E-state index is 12.8. The van der Waals surface area contributed by atoms with Gasteiger partial charge in [-0.25, -0.2) is 4.39 Å². The second kappa shape index (κ2) is 4.46. The number of aromatic nitrogens is 3. The van der Waals surface area contributed by atoms with Gasteiger partial charge in [-0.2, -0.15) is 0 Å². The van der Waals surface area contributed by atoms with Crippen molar-refractivity contribution in [2.45, 2.75) is 12.3 Å². The first-order chi connectivity index (χ1) is 9.15. The first-order valence-corrected chi connectivity index (χ1v) is 6.05. The first-order valence-electron chi connectivity index (χ1n) is 6.05. The Morgan fingerprint density at radius 2 is 2.16 bits per heavy atom. The van der Waals surface area contributed by atoms with Gasteiger partial charge in [0.1, 0.15) is 12.1 Å². The minimum Gasteiger partial charge on any atom is -0.303 e. The van der Waals surface area contributed by atoms with Crippen molar-refractivity contribution < 1.29 is 9.18 Å². The summed E-state index contributed by atoms with van der Waals surface area (Å²) in [5.41, 5.74) is 1.000. The van der Waals surface area contributed by atoms with E-state index in [1.807, 2.05) is 0 Å². The average molecular weight is 260 g/mol. The zero-order valence-corrected chi connectivity index (χ0v) is 10.4. The molecule has 1 aromatic heterocycles. The van der Waals surface area contributed by atoms with E-state index in [9.17, 15) is 9.18 Å². The lowest BCUT2D eigenvalue weighted by molar-refractivity contribution is -0.117. The van der Waals surface area contributed by atoms with Gasteiger partial charge in [-0.05, 0) is 30.0 Å². The number of halogens is 1. The average Bonchev–Trinajstić information content (AvgIpc) is 3.10. The quantitative estimate of drug-likeness (QED) is 0.913. The molecular weight excluding hydrogens is 247 g/mol. The van der Waals surface area contributed by atoms with E-state index in [2.05, 4.69) is 15.5 Å². The van der Waals surface area contributed by atoms with E-state index in [0.29, 0.717) is 5.95 Å². The fourth-order valence-electron chi connectivity index (χ4n) is 2.16. The van der Waals surface area contributed by atoms with E-state index in [0.717, 1.165) is 12.0 Å². The molecule has 1 amide bonds. The van der Waals surface area contributed by atoms with Crippen LogP contribution in [0.25, 0.3) is 0 Å². The predicted octanol–water partition coefficient (Wildman–Crippen LogP) is 1.70. The fraction of sp³-hybridized carbons (Fsp3) is 0.308. The number of carbonyl (C=O) groups is 1. The lowest BCUT2D eigenvalue weighted by Gasteiger charge is -2.03. The van der Waals surface area contributed by atoms with Crippen LogP contribution < -0.4 is 5.32 Å². The molecule has 2 aromatic rings. The van der Waals surface area contributed by atoms with Crippen molar-refractivity contribution in [1.82, 2.24) is 14.8 Å². The lowest BCUT2D eigenvalue weighted by Crippen LogP contribution is -2.17. The number of aryl methyl sites for hydroxylation is 1. The van der Waals surface area contributed by atoms with E-state index in [4.69, 9.17) is 0 Å². The van der Waals surface area contributed by atoms with Crippen LogP contribution in [0.15, 0.2) is 30.6 Å². The SMILES string of the molecule is Cn1cnnc1NC(=O)[C@@H]1C[C@@H]1c1ccc(F)cc1. The minimum absolute atomic E-state index is 0.0644. The van der Waals surface area contributed by atoms with Gasteiger partial charge < -0.3 is 4.57 Å². The van der Waals surface area contributed by atoms with Crippen molar-refractivity contribution in [3.8, 4) is 0 Å². The standard InChI is InChI=1S/C13H13FN4O/c1-18-7-15-17-13(18)16-12(19)11-6-10(11)8-2-4-9(14)5-3-8/h2-5,7,10-11H,6H2,1H3,(H,16,17,19)/t10-,11-/m1/s1. The molecule has 1 aliphatic carbocycles.